The van der Waals surface area contributed by atoms with Gasteiger partial charge in [-0.15, -0.1) is 27.3 Å². The number of hydrogen-bond donors (Lipinski definition) is 0. The van der Waals surface area contributed by atoms with Gasteiger partial charge in [-0.3, -0.25) is 0 Å². The van der Waals surface area contributed by atoms with Crippen LogP contribution in [0.1, 0.15) is 0 Å². The Morgan fingerprint density at radius 3 is 0.854 bits per heavy atom. The zero-order chi connectivity index (χ0) is 34.7. The molecule has 0 radical (unpaired) electrons. The van der Waals surface area contributed by atoms with Crippen molar-refractivity contribution in [2.45, 2.75) is 0 Å². The molecule has 7 rings (SSSR count). The standard InChI is InChI=1S/C34H36B14/c35-21-17(24(38)25(39)20-19(21)28(42)33(47)34(48)29(20)43)14-11-7-3-1-5-9(11)13(10-6-2-4-8-12(10)14)15-16-18(26(40)30(44)22(15)36)27(41)32(46)31(45)23(16)37/h1-8H,35-48H2. The predicted molar refractivity (Wildman–Crippen MR) is 262 cm³/mol. The molecule has 0 atom stereocenters. The van der Waals surface area contributed by atoms with Crippen LogP contribution in [0, 0.1) is 0 Å². The van der Waals surface area contributed by atoms with E-state index in [0.29, 0.717) is 0 Å². The monoisotopic (exact) mass is 598 g/mol. The Bertz CT molecular complexity index is 2540. The summed E-state index contributed by atoms with van der Waals surface area (Å²) < 4.78 is 0. The lowest BCUT2D eigenvalue weighted by molar-refractivity contribution is 1.74. The van der Waals surface area contributed by atoms with E-state index in [2.05, 4.69) is 158 Å². The Morgan fingerprint density at radius 1 is 0.208 bits per heavy atom. The molecule has 0 aliphatic carbocycles. The van der Waals surface area contributed by atoms with Gasteiger partial charge in [0.15, 0.2) is 0 Å². The predicted octanol–water partition coefficient (Wildman–Crippen LogP) is -14.7. The van der Waals surface area contributed by atoms with Crippen LogP contribution in [0.3, 0.4) is 0 Å². The van der Waals surface area contributed by atoms with E-state index in [1.165, 1.54) is 142 Å². The van der Waals surface area contributed by atoms with E-state index in [4.69, 9.17) is 0 Å². The summed E-state index contributed by atoms with van der Waals surface area (Å²) in [4.78, 5) is 0. The second-order valence-corrected chi connectivity index (χ2v) is 14.8. The molecule has 0 spiro atoms. The van der Waals surface area contributed by atoms with Crippen molar-refractivity contribution in [1.82, 2.24) is 0 Å². The lowest BCUT2D eigenvalue weighted by Crippen LogP contribution is -2.52. The highest BCUT2D eigenvalue weighted by Crippen LogP contribution is 2.43. The van der Waals surface area contributed by atoms with Crippen LogP contribution >= 0.6 is 0 Å². The van der Waals surface area contributed by atoms with Gasteiger partial charge in [-0.25, -0.2) is 0 Å². The number of hydrogen-bond acceptors (Lipinski definition) is 0. The van der Waals surface area contributed by atoms with Gasteiger partial charge >= 0.3 is 0 Å². The SMILES string of the molecule is Bc1c(B)c(B)c2c(B)c(-c3c4ccccc4c(-c4c(B)c(B)c(B)c5c(B)c(B)c(B)c(B)c45)c4ccccc34)c(B)c(B)c2c1B. The molecule has 0 N–H and O–H groups in total. The third-order valence-corrected chi connectivity index (χ3v) is 13.0. The van der Waals surface area contributed by atoms with E-state index >= 15 is 0 Å². The molecule has 0 nitrogen and oxygen atoms in total. The van der Waals surface area contributed by atoms with Crippen molar-refractivity contribution in [3.63, 3.8) is 0 Å². The first-order valence-electron chi connectivity index (χ1n) is 17.7. The van der Waals surface area contributed by atoms with Crippen LogP contribution in [0.4, 0.5) is 0 Å². The molecule has 0 amide bonds. The number of benzene rings is 7. The Morgan fingerprint density at radius 2 is 0.458 bits per heavy atom. The largest absolute Gasteiger partial charge is 0.140 e. The van der Waals surface area contributed by atoms with Gasteiger partial charge in [-0.1, -0.05) is 97.7 Å². The summed E-state index contributed by atoms with van der Waals surface area (Å²) in [5, 5.41) is 11.0. The Balaban J connectivity index is 1.76. The highest BCUT2D eigenvalue weighted by atomic mass is 14.3. The van der Waals surface area contributed by atoms with Crippen molar-refractivity contribution >= 4 is 229 Å². The van der Waals surface area contributed by atoms with Crippen molar-refractivity contribution in [1.29, 1.82) is 0 Å². The van der Waals surface area contributed by atoms with Crippen molar-refractivity contribution in [3.05, 3.63) is 48.5 Å². The van der Waals surface area contributed by atoms with Crippen LogP contribution in [-0.2, 0) is 0 Å². The molecule has 214 valence electrons. The highest BCUT2D eigenvalue weighted by Gasteiger charge is 2.26. The van der Waals surface area contributed by atoms with Crippen LogP contribution in [0.2, 0.25) is 0 Å². The minimum Gasteiger partial charge on any atom is -0.101 e. The number of fused-ring (bicyclic) bond motifs is 4. The van der Waals surface area contributed by atoms with E-state index in [1.807, 2.05) is 0 Å². The van der Waals surface area contributed by atoms with Gasteiger partial charge in [0, 0.05) is 0 Å². The minimum absolute atomic E-state index is 1.33. The molecule has 7 aromatic rings. The lowest BCUT2D eigenvalue weighted by Gasteiger charge is -2.28. The fraction of sp³-hybridized carbons (Fsp3) is 0. The van der Waals surface area contributed by atoms with Gasteiger partial charge in [0.25, 0.3) is 0 Å². The second-order valence-electron chi connectivity index (χ2n) is 14.8. The maximum Gasteiger partial charge on any atom is 0.140 e. The number of rotatable bonds is 2. The molecule has 0 saturated carbocycles. The van der Waals surface area contributed by atoms with Gasteiger partial charge in [-0.05, 0) is 65.3 Å². The molecule has 0 bridgehead atoms. The molecule has 0 fully saturated rings. The normalized spacial score (nSPS) is 11.7. The molecular formula is C34H36B14. The summed E-state index contributed by atoms with van der Waals surface area (Å²) in [6.07, 6.45) is 0. The molecule has 0 aromatic heterocycles. The molecule has 0 aliphatic heterocycles. The topological polar surface area (TPSA) is 0 Å². The summed E-state index contributed by atoms with van der Waals surface area (Å²) in [5.41, 5.74) is 25.2. The van der Waals surface area contributed by atoms with Gasteiger partial charge in [0.1, 0.15) is 110 Å². The molecule has 0 heterocycles. The van der Waals surface area contributed by atoms with Crippen molar-refractivity contribution in [2.24, 2.45) is 0 Å². The first-order chi connectivity index (χ1) is 22.7. The Labute approximate surface area is 298 Å². The van der Waals surface area contributed by atoms with E-state index < -0.39 is 0 Å². The molecular weight excluding hydrogens is 560 g/mol. The molecule has 14 heteroatoms. The van der Waals surface area contributed by atoms with E-state index in [1.54, 1.807) is 0 Å². The first-order valence-corrected chi connectivity index (χ1v) is 17.7. The van der Waals surface area contributed by atoms with Gasteiger partial charge in [-0.2, -0.15) is 0 Å². The maximum absolute atomic E-state index is 2.38. The van der Waals surface area contributed by atoms with Gasteiger partial charge < -0.3 is 0 Å². The average Bonchev–Trinajstić information content (AvgIpc) is 3.08. The third kappa shape index (κ3) is 4.30. The van der Waals surface area contributed by atoms with Gasteiger partial charge in [0.2, 0.25) is 0 Å². The molecule has 48 heavy (non-hydrogen) atoms. The third-order valence-electron chi connectivity index (χ3n) is 13.0. The van der Waals surface area contributed by atoms with Crippen LogP contribution in [0.25, 0.3) is 65.3 Å². The summed E-state index contributed by atoms with van der Waals surface area (Å²) >= 11 is 0. The van der Waals surface area contributed by atoms with E-state index in [-0.39, 0.29) is 0 Å². The molecule has 7 aromatic carbocycles. The fourth-order valence-corrected chi connectivity index (χ4v) is 9.32. The smallest absolute Gasteiger partial charge is 0.101 e. The zero-order valence-corrected chi connectivity index (χ0v) is 31.6. The zero-order valence-electron chi connectivity index (χ0n) is 31.6. The Kier molecular flexibility index (Phi) is 7.93. The summed E-state index contributed by atoms with van der Waals surface area (Å²) in [6, 6.07) is 18.5. The fourth-order valence-electron chi connectivity index (χ4n) is 9.32. The van der Waals surface area contributed by atoms with E-state index in [9.17, 15) is 0 Å². The minimum atomic E-state index is 1.33. The highest BCUT2D eigenvalue weighted by molar-refractivity contribution is 6.74. The lowest BCUT2D eigenvalue weighted by atomic mass is 9.58. The summed E-state index contributed by atoms with van der Waals surface area (Å²) in [5.74, 6) is 0. The Hall–Kier alpha value is -3.51. The van der Waals surface area contributed by atoms with Crippen LogP contribution in [-0.4, -0.2) is 110 Å². The van der Waals surface area contributed by atoms with Crippen molar-refractivity contribution < 1.29 is 0 Å². The van der Waals surface area contributed by atoms with E-state index in [0.717, 1.165) is 0 Å². The molecule has 0 unspecified atom stereocenters. The van der Waals surface area contributed by atoms with Crippen LogP contribution < -0.4 is 76.5 Å². The quantitative estimate of drug-likeness (QED) is 0.138. The summed E-state index contributed by atoms with van der Waals surface area (Å²) in [6.45, 7) is 0. The van der Waals surface area contributed by atoms with Crippen LogP contribution in [0.15, 0.2) is 48.5 Å². The average molecular weight is 596 g/mol. The summed E-state index contributed by atoms with van der Waals surface area (Å²) in [7, 11) is 32.6. The van der Waals surface area contributed by atoms with Crippen molar-refractivity contribution in [2.75, 3.05) is 0 Å². The molecule has 0 aliphatic rings. The second kappa shape index (κ2) is 11.5. The van der Waals surface area contributed by atoms with Gasteiger partial charge in [0.05, 0.1) is 0 Å². The molecule has 0 saturated heterocycles. The van der Waals surface area contributed by atoms with Crippen LogP contribution in [0.5, 0.6) is 0 Å². The first kappa shape index (κ1) is 33.0. The maximum atomic E-state index is 2.38. The van der Waals surface area contributed by atoms with Crippen molar-refractivity contribution in [3.8, 4) is 22.3 Å².